The summed E-state index contributed by atoms with van der Waals surface area (Å²) in [6, 6.07) is 13.0. The van der Waals surface area contributed by atoms with Gasteiger partial charge in [0, 0.05) is 0 Å². The van der Waals surface area contributed by atoms with Crippen LogP contribution >= 0.6 is 15.9 Å². The molecule has 20 heavy (non-hydrogen) atoms. The van der Waals surface area contributed by atoms with E-state index in [1.165, 1.54) is 6.07 Å². The normalized spacial score (nSPS) is 12.5. The second-order valence-corrected chi connectivity index (χ2v) is 5.59. The fraction of sp³-hybridized carbons (Fsp3) is 0.250. The van der Waals surface area contributed by atoms with Crippen LogP contribution in [0, 0.1) is 13.8 Å². The molecule has 0 fully saturated rings. The molecule has 0 heterocycles. The molecule has 2 aromatic carbocycles. The van der Waals surface area contributed by atoms with E-state index in [0.717, 1.165) is 22.3 Å². The minimum Gasteiger partial charge on any atom is -0.435 e. The minimum atomic E-state index is -2.81. The minimum absolute atomic E-state index is 0.0522. The average molecular weight is 341 g/mol. The molecular formula is C16H15BrF2O. The Hall–Kier alpha value is -1.42. The maximum absolute atomic E-state index is 12.3. The Morgan fingerprint density at radius 2 is 1.80 bits per heavy atom. The summed E-state index contributed by atoms with van der Waals surface area (Å²) < 4.78 is 29.0. The van der Waals surface area contributed by atoms with Crippen molar-refractivity contribution in [2.45, 2.75) is 25.3 Å². The zero-order valence-electron chi connectivity index (χ0n) is 11.2. The third kappa shape index (κ3) is 3.57. The maximum Gasteiger partial charge on any atom is 0.387 e. The summed E-state index contributed by atoms with van der Waals surface area (Å²) in [6.45, 7) is 1.25. The van der Waals surface area contributed by atoms with Crippen LogP contribution in [0.1, 0.15) is 27.1 Å². The Kier molecular flexibility index (Phi) is 4.76. The van der Waals surface area contributed by atoms with Crippen LogP contribution in [-0.2, 0) is 0 Å². The summed E-state index contributed by atoms with van der Waals surface area (Å²) in [6.07, 6.45) is 0. The zero-order chi connectivity index (χ0) is 14.7. The number of hydrogen-bond donors (Lipinski definition) is 0. The molecular weight excluding hydrogens is 326 g/mol. The van der Waals surface area contributed by atoms with Gasteiger partial charge in [0.15, 0.2) is 0 Å². The third-order valence-electron chi connectivity index (χ3n) is 3.08. The quantitative estimate of drug-likeness (QED) is 0.678. The lowest BCUT2D eigenvalue weighted by molar-refractivity contribution is -0.0498. The van der Waals surface area contributed by atoms with Crippen LogP contribution in [0.2, 0.25) is 0 Å². The molecule has 0 saturated heterocycles. The molecule has 0 N–H and O–H groups in total. The van der Waals surface area contributed by atoms with Crippen LogP contribution in [0.4, 0.5) is 8.78 Å². The van der Waals surface area contributed by atoms with Crippen molar-refractivity contribution in [1.29, 1.82) is 0 Å². The second kappa shape index (κ2) is 6.35. The standard InChI is InChI=1S/C16H15BrF2O/c1-10-6-7-11(2)14(8-10)15(17)12-4-3-5-13(9-12)20-16(18)19/h3-9,15-16H,1-2H3. The molecule has 0 amide bonds. The summed E-state index contributed by atoms with van der Waals surface area (Å²) in [5, 5.41) is 0. The number of hydrogen-bond acceptors (Lipinski definition) is 1. The topological polar surface area (TPSA) is 9.23 Å². The van der Waals surface area contributed by atoms with Crippen LogP contribution in [0.25, 0.3) is 0 Å². The summed E-state index contributed by atoms with van der Waals surface area (Å²) >= 11 is 3.64. The first kappa shape index (κ1) is 15.0. The zero-order valence-corrected chi connectivity index (χ0v) is 12.8. The van der Waals surface area contributed by atoms with Gasteiger partial charge in [-0.05, 0) is 42.7 Å². The highest BCUT2D eigenvalue weighted by atomic mass is 79.9. The van der Waals surface area contributed by atoms with Gasteiger partial charge >= 0.3 is 6.61 Å². The van der Waals surface area contributed by atoms with Crippen molar-refractivity contribution < 1.29 is 13.5 Å². The van der Waals surface area contributed by atoms with E-state index < -0.39 is 6.61 Å². The summed E-state index contributed by atoms with van der Waals surface area (Å²) in [4.78, 5) is -0.0522. The summed E-state index contributed by atoms with van der Waals surface area (Å²) in [7, 11) is 0. The van der Waals surface area contributed by atoms with Gasteiger partial charge < -0.3 is 4.74 Å². The van der Waals surface area contributed by atoms with Crippen LogP contribution in [-0.4, -0.2) is 6.61 Å². The van der Waals surface area contributed by atoms with Gasteiger partial charge in [-0.25, -0.2) is 0 Å². The molecule has 0 spiro atoms. The maximum atomic E-state index is 12.3. The average Bonchev–Trinajstić information content (AvgIpc) is 2.40. The SMILES string of the molecule is Cc1ccc(C)c(C(Br)c2cccc(OC(F)F)c2)c1. The second-order valence-electron chi connectivity index (χ2n) is 4.67. The fourth-order valence-corrected chi connectivity index (χ4v) is 2.84. The lowest BCUT2D eigenvalue weighted by Crippen LogP contribution is -2.03. The predicted molar refractivity (Wildman–Crippen MR) is 79.8 cm³/mol. The predicted octanol–water partition coefficient (Wildman–Crippen LogP) is 5.39. The molecule has 0 aromatic heterocycles. The van der Waals surface area contributed by atoms with Crippen molar-refractivity contribution in [1.82, 2.24) is 0 Å². The van der Waals surface area contributed by atoms with Crippen LogP contribution in [0.3, 0.4) is 0 Å². The lowest BCUT2D eigenvalue weighted by Gasteiger charge is -2.15. The lowest BCUT2D eigenvalue weighted by atomic mass is 9.98. The number of rotatable bonds is 4. The Labute approximate surface area is 125 Å². The van der Waals surface area contributed by atoms with Crippen molar-refractivity contribution in [2.24, 2.45) is 0 Å². The molecule has 106 valence electrons. The smallest absolute Gasteiger partial charge is 0.387 e. The molecule has 2 aromatic rings. The van der Waals surface area contributed by atoms with Crippen LogP contribution < -0.4 is 4.74 Å². The molecule has 2 rings (SSSR count). The van der Waals surface area contributed by atoms with Crippen molar-refractivity contribution >= 4 is 15.9 Å². The molecule has 1 unspecified atom stereocenters. The largest absolute Gasteiger partial charge is 0.435 e. The van der Waals surface area contributed by atoms with E-state index in [-0.39, 0.29) is 10.6 Å². The molecule has 4 heteroatoms. The molecule has 0 aliphatic heterocycles. The fourth-order valence-electron chi connectivity index (χ4n) is 2.06. The van der Waals surface area contributed by atoms with Gasteiger partial charge in [0.2, 0.25) is 0 Å². The van der Waals surface area contributed by atoms with Gasteiger partial charge in [-0.2, -0.15) is 8.78 Å². The first-order valence-corrected chi connectivity index (χ1v) is 7.15. The molecule has 1 atom stereocenters. The van der Waals surface area contributed by atoms with Gasteiger partial charge in [0.25, 0.3) is 0 Å². The third-order valence-corrected chi connectivity index (χ3v) is 4.11. The number of alkyl halides is 3. The first-order valence-electron chi connectivity index (χ1n) is 6.23. The molecule has 0 aliphatic carbocycles. The summed E-state index contributed by atoms with van der Waals surface area (Å²) in [5.41, 5.74) is 4.32. The highest BCUT2D eigenvalue weighted by Crippen LogP contribution is 2.34. The number of aryl methyl sites for hydroxylation is 2. The van der Waals surface area contributed by atoms with Crippen molar-refractivity contribution in [3.63, 3.8) is 0 Å². The monoisotopic (exact) mass is 340 g/mol. The van der Waals surface area contributed by atoms with Crippen molar-refractivity contribution in [2.75, 3.05) is 0 Å². The Morgan fingerprint density at radius 3 is 2.50 bits per heavy atom. The first-order chi connectivity index (χ1) is 9.47. The number of ether oxygens (including phenoxy) is 1. The van der Waals surface area contributed by atoms with Crippen molar-refractivity contribution in [3.8, 4) is 5.75 Å². The van der Waals surface area contributed by atoms with Gasteiger partial charge in [-0.1, -0.05) is 51.8 Å². The Bertz CT molecular complexity index is 599. The van der Waals surface area contributed by atoms with E-state index in [4.69, 9.17) is 0 Å². The molecule has 1 nitrogen and oxygen atoms in total. The van der Waals surface area contributed by atoms with Gasteiger partial charge in [-0.15, -0.1) is 0 Å². The van der Waals surface area contributed by atoms with Crippen molar-refractivity contribution in [3.05, 3.63) is 64.7 Å². The Morgan fingerprint density at radius 1 is 1.05 bits per heavy atom. The molecule has 0 aliphatic rings. The van der Waals surface area contributed by atoms with Crippen LogP contribution in [0.15, 0.2) is 42.5 Å². The summed E-state index contributed by atoms with van der Waals surface area (Å²) in [5.74, 6) is 0.173. The highest BCUT2D eigenvalue weighted by Gasteiger charge is 2.14. The molecule has 0 radical (unpaired) electrons. The molecule has 0 saturated carbocycles. The van der Waals surface area contributed by atoms with Gasteiger partial charge in [0.1, 0.15) is 5.75 Å². The van der Waals surface area contributed by atoms with E-state index >= 15 is 0 Å². The number of halogens is 3. The van der Waals surface area contributed by atoms with E-state index in [2.05, 4.69) is 38.9 Å². The Balaban J connectivity index is 2.33. The molecule has 0 bridgehead atoms. The van der Waals surface area contributed by atoms with E-state index in [9.17, 15) is 8.78 Å². The van der Waals surface area contributed by atoms with E-state index in [1.807, 2.05) is 19.9 Å². The number of benzene rings is 2. The van der Waals surface area contributed by atoms with Gasteiger partial charge in [0.05, 0.1) is 4.83 Å². The van der Waals surface area contributed by atoms with E-state index in [1.54, 1.807) is 12.1 Å². The van der Waals surface area contributed by atoms with Crippen LogP contribution in [0.5, 0.6) is 5.75 Å². The van der Waals surface area contributed by atoms with Gasteiger partial charge in [-0.3, -0.25) is 0 Å². The van der Waals surface area contributed by atoms with E-state index in [0.29, 0.717) is 0 Å². The highest BCUT2D eigenvalue weighted by molar-refractivity contribution is 9.09.